The van der Waals surface area contributed by atoms with Crippen molar-refractivity contribution in [3.05, 3.63) is 48.0 Å². The summed E-state index contributed by atoms with van der Waals surface area (Å²) in [7, 11) is -6.14. The van der Waals surface area contributed by atoms with E-state index in [1.165, 1.54) is 5.56 Å². The summed E-state index contributed by atoms with van der Waals surface area (Å²) in [4.78, 5) is 23.3. The maximum atomic E-state index is 12.3. The second kappa shape index (κ2) is 20.6. The van der Waals surface area contributed by atoms with Crippen LogP contribution in [-0.4, -0.2) is 61.0 Å². The van der Waals surface area contributed by atoms with E-state index in [0.29, 0.717) is 24.8 Å². The van der Waals surface area contributed by atoms with Crippen LogP contribution in [0, 0.1) is 11.8 Å². The van der Waals surface area contributed by atoms with Gasteiger partial charge >= 0.3 is 0 Å². The van der Waals surface area contributed by atoms with Crippen LogP contribution in [-0.2, 0) is 29.3 Å². The molecule has 5 atom stereocenters. The minimum absolute atomic E-state index is 0.0348. The number of nitrogens with one attached hydrogen (secondary N) is 1. The summed E-state index contributed by atoms with van der Waals surface area (Å²) in [6.07, 6.45) is 13.2. The fraction of sp³-hybridized carbons (Fsp3) is 0.773. The first-order valence-electron chi connectivity index (χ1n) is 20.8. The van der Waals surface area contributed by atoms with Gasteiger partial charge in [0.15, 0.2) is 25.0 Å². The molecule has 10 heteroatoms. The Bertz CT molecular complexity index is 1330. The van der Waals surface area contributed by atoms with E-state index in [2.05, 4.69) is 149 Å². The third-order valence-electron chi connectivity index (χ3n) is 13.2. The molecule has 1 saturated carbocycles. The highest BCUT2D eigenvalue weighted by Gasteiger charge is 2.51. The minimum Gasteiger partial charge on any atom is -0.414 e. The van der Waals surface area contributed by atoms with Crippen molar-refractivity contribution >= 4 is 47.7 Å². The zero-order valence-corrected chi connectivity index (χ0v) is 40.9. The van der Waals surface area contributed by atoms with Crippen molar-refractivity contribution in [2.75, 3.05) is 6.54 Å². The lowest BCUT2D eigenvalue weighted by molar-refractivity contribution is -0.121. The molecule has 0 heterocycles. The number of unbranched alkanes of at least 4 members (excludes halogenated alkanes) is 1. The molecule has 1 aromatic carbocycles. The summed E-state index contributed by atoms with van der Waals surface area (Å²) in [5, 5.41) is 2.72. The van der Waals surface area contributed by atoms with Gasteiger partial charge in [-0.05, 0) is 135 Å². The van der Waals surface area contributed by atoms with Crippen molar-refractivity contribution in [3.8, 4) is 0 Å². The topological polar surface area (TPSA) is 73.9 Å². The lowest BCUT2D eigenvalue weighted by atomic mass is 9.85. The van der Waals surface area contributed by atoms with Crippen LogP contribution in [0.5, 0.6) is 0 Å². The molecule has 1 N–H and O–H groups in total. The molecule has 6 nitrogen and oxygen atoms in total. The van der Waals surface area contributed by atoms with Crippen molar-refractivity contribution in [1.29, 1.82) is 0 Å². The van der Waals surface area contributed by atoms with Crippen LogP contribution >= 0.6 is 11.6 Å². The van der Waals surface area contributed by atoms with Gasteiger partial charge in [-0.3, -0.25) is 9.59 Å². The van der Waals surface area contributed by atoms with E-state index in [1.54, 1.807) is 0 Å². The quantitative estimate of drug-likeness (QED) is 0.0579. The van der Waals surface area contributed by atoms with E-state index in [1.807, 2.05) is 0 Å². The van der Waals surface area contributed by atoms with Gasteiger partial charge in [0, 0.05) is 25.5 Å². The summed E-state index contributed by atoms with van der Waals surface area (Å²) in [5.74, 6) is 0.660. The van der Waals surface area contributed by atoms with Gasteiger partial charge in [-0.2, -0.15) is 0 Å². The molecule has 0 aromatic heterocycles. The number of aryl methyl sites for hydroxylation is 1. The second-order valence-corrected chi connectivity index (χ2v) is 35.2. The molecule has 2 rings (SSSR count). The maximum Gasteiger partial charge on any atom is 0.223 e. The summed E-state index contributed by atoms with van der Waals surface area (Å²) in [5.41, 5.74) is 1.37. The van der Waals surface area contributed by atoms with Crippen LogP contribution in [0.25, 0.3) is 0 Å². The van der Waals surface area contributed by atoms with Crippen molar-refractivity contribution in [1.82, 2.24) is 5.32 Å². The molecule has 1 amide bonds. The Morgan fingerprint density at radius 1 is 0.778 bits per heavy atom. The molecule has 0 bridgehead atoms. The molecular formula is C44H80ClNO5Si3. The molecule has 0 saturated heterocycles. The monoisotopic (exact) mass is 822 g/mol. The third kappa shape index (κ3) is 15.7. The van der Waals surface area contributed by atoms with E-state index in [4.69, 9.17) is 24.9 Å². The van der Waals surface area contributed by atoms with Gasteiger partial charge in [-0.15, -0.1) is 0 Å². The average molecular weight is 823 g/mol. The normalized spacial score (nSPS) is 21.1. The standard InChI is InChI=1S/C44H80ClNO5Si3/c1-42(2,3)52(10,11)49-35(28-27-34-23-19-18-20-24-34)29-30-37-36(25-21-16-17-22-26-41(48)46-32-31-40(45)47)38(50-53(12,13)43(4,5)6)33-39(37)51-54(14,15)44(7,8)9/h16,18-21,23-24,35-39H,17,22,25-33H2,1-15H3,(H,46,48)/b21-16-/t35-,36-,37-,38+,39-/m1/s1. The van der Waals surface area contributed by atoms with Gasteiger partial charge in [0.2, 0.25) is 11.1 Å². The number of carbonyl (C=O) groups excluding carboxylic acids is 2. The Hall–Kier alpha value is -1.08. The highest BCUT2D eigenvalue weighted by atomic mass is 35.5. The van der Waals surface area contributed by atoms with Crippen LogP contribution in [0.4, 0.5) is 0 Å². The minimum atomic E-state index is -2.07. The number of halogens is 1. The van der Waals surface area contributed by atoms with Crippen LogP contribution < -0.4 is 5.32 Å². The molecule has 310 valence electrons. The maximum absolute atomic E-state index is 12.3. The molecular weight excluding hydrogens is 742 g/mol. The number of benzene rings is 1. The number of hydrogen-bond donors (Lipinski definition) is 1. The van der Waals surface area contributed by atoms with Crippen LogP contribution in [0.3, 0.4) is 0 Å². The molecule has 1 aliphatic carbocycles. The Balaban J connectivity index is 2.42. The Morgan fingerprint density at radius 3 is 1.83 bits per heavy atom. The van der Waals surface area contributed by atoms with Gasteiger partial charge < -0.3 is 18.6 Å². The number of carbonyl (C=O) groups is 2. The Kier molecular flexibility index (Phi) is 18.7. The van der Waals surface area contributed by atoms with Gasteiger partial charge in [0.05, 0.1) is 12.2 Å². The van der Waals surface area contributed by atoms with E-state index in [9.17, 15) is 9.59 Å². The van der Waals surface area contributed by atoms with Crippen LogP contribution in [0.1, 0.15) is 126 Å². The van der Waals surface area contributed by atoms with E-state index in [0.717, 1.165) is 51.4 Å². The molecule has 1 aliphatic rings. The van der Waals surface area contributed by atoms with E-state index >= 15 is 0 Å². The van der Waals surface area contributed by atoms with Crippen molar-refractivity contribution in [2.45, 2.75) is 199 Å². The molecule has 0 unspecified atom stereocenters. The first-order valence-corrected chi connectivity index (χ1v) is 29.9. The fourth-order valence-electron chi connectivity index (χ4n) is 6.58. The fourth-order valence-corrected chi connectivity index (χ4v) is 10.9. The zero-order valence-electron chi connectivity index (χ0n) is 37.1. The van der Waals surface area contributed by atoms with E-state index < -0.39 is 30.2 Å². The first kappa shape index (κ1) is 49.1. The first-order chi connectivity index (χ1) is 24.7. The molecule has 1 fully saturated rings. The predicted octanol–water partition coefficient (Wildman–Crippen LogP) is 12.6. The predicted molar refractivity (Wildman–Crippen MR) is 238 cm³/mol. The average Bonchev–Trinajstić information content (AvgIpc) is 3.32. The van der Waals surface area contributed by atoms with Gasteiger partial charge in [-0.25, -0.2) is 0 Å². The molecule has 0 radical (unpaired) electrons. The molecule has 1 aromatic rings. The summed E-state index contributed by atoms with van der Waals surface area (Å²) >= 11 is 5.41. The SMILES string of the molecule is CC(C)(C)[Si](C)(C)O[C@H](CCc1ccccc1)CC[C@@H]1[C@@H](C/C=C\CCCC(=O)NCCC(=O)Cl)[C@@H](O[Si](C)(C)C(C)(C)C)C[C@H]1O[Si](C)(C)C(C)(C)C. The lowest BCUT2D eigenvalue weighted by Crippen LogP contribution is -2.45. The molecule has 0 spiro atoms. The highest BCUT2D eigenvalue weighted by molar-refractivity contribution is 6.75. The highest BCUT2D eigenvalue weighted by Crippen LogP contribution is 2.49. The van der Waals surface area contributed by atoms with Crippen molar-refractivity contribution in [2.24, 2.45) is 11.8 Å². The van der Waals surface area contributed by atoms with Gasteiger partial charge in [-0.1, -0.05) is 105 Å². The number of allylic oxidation sites excluding steroid dienone is 2. The van der Waals surface area contributed by atoms with Crippen LogP contribution in [0.15, 0.2) is 42.5 Å². The number of hydrogen-bond acceptors (Lipinski definition) is 5. The Morgan fingerprint density at radius 2 is 1.31 bits per heavy atom. The second-order valence-electron chi connectivity index (χ2n) is 20.6. The van der Waals surface area contributed by atoms with Crippen molar-refractivity contribution in [3.63, 3.8) is 0 Å². The lowest BCUT2D eigenvalue weighted by Gasteiger charge is -2.41. The molecule has 54 heavy (non-hydrogen) atoms. The summed E-state index contributed by atoms with van der Waals surface area (Å²) < 4.78 is 22.0. The Labute approximate surface area is 340 Å². The smallest absolute Gasteiger partial charge is 0.223 e. The van der Waals surface area contributed by atoms with Crippen molar-refractivity contribution < 1.29 is 22.9 Å². The summed E-state index contributed by atoms with van der Waals surface area (Å²) in [6.45, 7) is 35.7. The number of rotatable bonds is 21. The van der Waals surface area contributed by atoms with E-state index in [-0.39, 0.29) is 45.8 Å². The third-order valence-corrected chi connectivity index (χ3v) is 26.9. The van der Waals surface area contributed by atoms with Crippen LogP contribution in [0.2, 0.25) is 54.4 Å². The summed E-state index contributed by atoms with van der Waals surface area (Å²) in [6, 6.07) is 10.9. The van der Waals surface area contributed by atoms with Gasteiger partial charge in [0.1, 0.15) is 0 Å². The number of amides is 1. The largest absolute Gasteiger partial charge is 0.414 e. The van der Waals surface area contributed by atoms with Gasteiger partial charge in [0.25, 0.3) is 0 Å². The molecule has 0 aliphatic heterocycles. The zero-order chi connectivity index (χ0) is 41.2.